The molecule has 1 aliphatic rings. The number of anilines is 1. The lowest BCUT2D eigenvalue weighted by molar-refractivity contribution is 0.478. The molecule has 4 aromatic rings. The van der Waals surface area contributed by atoms with Crippen molar-refractivity contribution in [1.82, 2.24) is 9.66 Å². The summed E-state index contributed by atoms with van der Waals surface area (Å²) in [7, 11) is -4.07. The van der Waals surface area contributed by atoms with Gasteiger partial charge >= 0.3 is 0 Å². The summed E-state index contributed by atoms with van der Waals surface area (Å²) in [6, 6.07) is 16.3. The molecule has 0 aliphatic carbocycles. The summed E-state index contributed by atoms with van der Waals surface area (Å²) < 4.78 is 30.2. The first-order valence-electron chi connectivity index (χ1n) is 9.48. The minimum Gasteiger partial charge on any atom is -0.506 e. The second kappa shape index (κ2) is 7.43. The van der Waals surface area contributed by atoms with Gasteiger partial charge in [0.05, 0.1) is 17.4 Å². The third kappa shape index (κ3) is 3.22. The van der Waals surface area contributed by atoms with Gasteiger partial charge in [0.25, 0.3) is 15.6 Å². The topological polar surface area (TPSA) is 126 Å². The van der Waals surface area contributed by atoms with E-state index >= 15 is 0 Å². The molecular weight excluding hydrogens is 430 g/mol. The molecule has 9 nitrogen and oxygen atoms in total. The largest absolute Gasteiger partial charge is 0.506 e. The molecule has 10 heteroatoms. The van der Waals surface area contributed by atoms with E-state index in [0.29, 0.717) is 16.5 Å². The van der Waals surface area contributed by atoms with Crippen molar-refractivity contribution in [2.45, 2.75) is 4.90 Å². The van der Waals surface area contributed by atoms with Gasteiger partial charge in [0.1, 0.15) is 16.2 Å². The maximum Gasteiger partial charge on any atom is 0.286 e. The summed E-state index contributed by atoms with van der Waals surface area (Å²) in [5.74, 6) is -0.665. The standard InChI is InChI=1S/C22H15N5O4S/c28-20-15-7-1-3-9-17(15)27(24-13-14-6-5-11-23-12-14)22(29)19(20)21-25-16-8-2-4-10-18(16)32(30,31)26-21/h1-13,28H,(H,25,26). The molecule has 5 rings (SSSR count). The Kier molecular flexibility index (Phi) is 4.56. The van der Waals surface area contributed by atoms with Crippen LogP contribution >= 0.6 is 0 Å². The van der Waals surface area contributed by atoms with Gasteiger partial charge in [0, 0.05) is 23.3 Å². The zero-order valence-electron chi connectivity index (χ0n) is 16.4. The van der Waals surface area contributed by atoms with Gasteiger partial charge in [-0.25, -0.2) is 0 Å². The molecule has 0 unspecified atom stereocenters. The second-order valence-electron chi connectivity index (χ2n) is 6.92. The van der Waals surface area contributed by atoms with Crippen LogP contribution in [0.5, 0.6) is 5.75 Å². The van der Waals surface area contributed by atoms with Crippen molar-refractivity contribution in [3.63, 3.8) is 0 Å². The fourth-order valence-electron chi connectivity index (χ4n) is 3.44. The molecule has 32 heavy (non-hydrogen) atoms. The highest BCUT2D eigenvalue weighted by Gasteiger charge is 2.29. The summed E-state index contributed by atoms with van der Waals surface area (Å²) in [5, 5.41) is 18.4. The van der Waals surface area contributed by atoms with E-state index in [1.165, 1.54) is 12.3 Å². The fourth-order valence-corrected chi connectivity index (χ4v) is 4.56. The van der Waals surface area contributed by atoms with Crippen molar-refractivity contribution >= 4 is 38.7 Å². The predicted molar refractivity (Wildman–Crippen MR) is 121 cm³/mol. The number of benzene rings is 2. The van der Waals surface area contributed by atoms with Gasteiger partial charge in [-0.1, -0.05) is 30.3 Å². The third-order valence-electron chi connectivity index (χ3n) is 4.90. The van der Waals surface area contributed by atoms with Crippen molar-refractivity contribution in [2.24, 2.45) is 9.50 Å². The number of sulfonamides is 1. The Balaban J connectivity index is 1.76. The number of hydrogen-bond donors (Lipinski definition) is 2. The average Bonchev–Trinajstić information content (AvgIpc) is 2.79. The molecule has 0 fully saturated rings. The molecule has 0 saturated carbocycles. The molecule has 158 valence electrons. The molecule has 0 atom stereocenters. The van der Waals surface area contributed by atoms with Crippen LogP contribution in [0.4, 0.5) is 5.69 Å². The summed E-state index contributed by atoms with van der Waals surface area (Å²) in [5.41, 5.74) is 0.225. The second-order valence-corrected chi connectivity index (χ2v) is 8.50. The van der Waals surface area contributed by atoms with Gasteiger partial charge in [-0.3, -0.25) is 9.78 Å². The molecular formula is C22H15N5O4S. The zero-order chi connectivity index (χ0) is 22.3. The molecule has 0 bridgehead atoms. The quantitative estimate of drug-likeness (QED) is 0.467. The van der Waals surface area contributed by atoms with Crippen LogP contribution in [0.15, 0.2) is 92.2 Å². The Morgan fingerprint density at radius 1 is 1.03 bits per heavy atom. The lowest BCUT2D eigenvalue weighted by Crippen LogP contribution is -2.31. The van der Waals surface area contributed by atoms with Crippen molar-refractivity contribution in [3.8, 4) is 5.75 Å². The molecule has 0 saturated heterocycles. The molecule has 3 heterocycles. The number of para-hydroxylation sites is 2. The predicted octanol–water partition coefficient (Wildman–Crippen LogP) is 2.55. The normalized spacial score (nSPS) is 14.7. The Morgan fingerprint density at radius 3 is 2.62 bits per heavy atom. The van der Waals surface area contributed by atoms with Gasteiger partial charge in [-0.2, -0.15) is 18.2 Å². The van der Waals surface area contributed by atoms with Crippen LogP contribution < -0.4 is 10.9 Å². The number of nitrogens with zero attached hydrogens (tertiary/aromatic N) is 4. The van der Waals surface area contributed by atoms with Crippen LogP contribution in [0, 0.1) is 0 Å². The van der Waals surface area contributed by atoms with Gasteiger partial charge < -0.3 is 10.4 Å². The molecule has 0 amide bonds. The summed E-state index contributed by atoms with van der Waals surface area (Å²) in [4.78, 5) is 17.4. The maximum atomic E-state index is 13.4. The Morgan fingerprint density at radius 2 is 1.81 bits per heavy atom. The van der Waals surface area contributed by atoms with E-state index in [9.17, 15) is 18.3 Å². The monoisotopic (exact) mass is 445 g/mol. The average molecular weight is 445 g/mol. The number of rotatable bonds is 3. The Hall–Kier alpha value is -4.31. The van der Waals surface area contributed by atoms with E-state index in [0.717, 1.165) is 4.68 Å². The van der Waals surface area contributed by atoms with E-state index in [2.05, 4.69) is 19.8 Å². The highest BCUT2D eigenvalue weighted by molar-refractivity contribution is 7.90. The van der Waals surface area contributed by atoms with Crippen molar-refractivity contribution in [3.05, 3.63) is 94.5 Å². The Labute approximate surface area is 182 Å². The summed E-state index contributed by atoms with van der Waals surface area (Å²) in [6.45, 7) is 0. The summed E-state index contributed by atoms with van der Waals surface area (Å²) >= 11 is 0. The van der Waals surface area contributed by atoms with Crippen molar-refractivity contribution in [2.75, 3.05) is 5.32 Å². The van der Waals surface area contributed by atoms with E-state index in [1.54, 1.807) is 67.0 Å². The molecule has 1 aliphatic heterocycles. The van der Waals surface area contributed by atoms with Crippen LogP contribution in [-0.4, -0.2) is 35.2 Å². The number of aromatic nitrogens is 2. The fraction of sp³-hybridized carbons (Fsp3) is 0. The lowest BCUT2D eigenvalue weighted by Gasteiger charge is -2.19. The zero-order valence-corrected chi connectivity index (χ0v) is 17.2. The van der Waals surface area contributed by atoms with Gasteiger partial charge in [0.15, 0.2) is 5.84 Å². The first-order chi connectivity index (χ1) is 15.5. The van der Waals surface area contributed by atoms with Crippen LogP contribution in [0.1, 0.15) is 11.1 Å². The molecule has 0 radical (unpaired) electrons. The Bertz CT molecular complexity index is 1590. The molecule has 2 N–H and O–H groups in total. The first-order valence-corrected chi connectivity index (χ1v) is 10.9. The lowest BCUT2D eigenvalue weighted by atomic mass is 10.1. The third-order valence-corrected chi connectivity index (χ3v) is 6.24. The van der Waals surface area contributed by atoms with E-state index in [-0.39, 0.29) is 27.7 Å². The van der Waals surface area contributed by atoms with E-state index < -0.39 is 15.6 Å². The minimum absolute atomic E-state index is 0.0149. The number of hydrogen-bond acceptors (Lipinski definition) is 7. The van der Waals surface area contributed by atoms with E-state index in [1.807, 2.05) is 0 Å². The van der Waals surface area contributed by atoms with Gasteiger partial charge in [-0.05, 0) is 30.3 Å². The number of aromatic hydroxyl groups is 1. The number of nitrogens with one attached hydrogen (secondary N) is 1. The summed E-state index contributed by atoms with van der Waals surface area (Å²) in [6.07, 6.45) is 4.64. The van der Waals surface area contributed by atoms with Crippen LogP contribution in [0.2, 0.25) is 0 Å². The van der Waals surface area contributed by atoms with Crippen molar-refractivity contribution in [1.29, 1.82) is 0 Å². The molecule has 0 spiro atoms. The first kappa shape index (κ1) is 19.6. The number of fused-ring (bicyclic) bond motifs is 2. The highest BCUT2D eigenvalue weighted by Crippen LogP contribution is 2.32. The van der Waals surface area contributed by atoms with Crippen LogP contribution in [0.3, 0.4) is 0 Å². The number of pyridine rings is 2. The van der Waals surface area contributed by atoms with Crippen LogP contribution in [-0.2, 0) is 10.0 Å². The van der Waals surface area contributed by atoms with Gasteiger partial charge in [-0.15, -0.1) is 4.40 Å². The highest BCUT2D eigenvalue weighted by atomic mass is 32.2. The SMILES string of the molecule is O=c1c(C2=NS(=O)(=O)c3ccccc3N2)c(O)c2ccccc2n1N=Cc1cccnc1. The van der Waals surface area contributed by atoms with Gasteiger partial charge in [0.2, 0.25) is 0 Å². The molecule has 2 aromatic carbocycles. The molecule has 2 aromatic heterocycles. The smallest absolute Gasteiger partial charge is 0.286 e. The van der Waals surface area contributed by atoms with Crippen molar-refractivity contribution < 1.29 is 13.5 Å². The minimum atomic E-state index is -4.07. The maximum absolute atomic E-state index is 13.4. The van der Waals surface area contributed by atoms with E-state index in [4.69, 9.17) is 0 Å². The van der Waals surface area contributed by atoms with Crippen LogP contribution in [0.25, 0.3) is 10.9 Å². The number of amidine groups is 1.